The molecule has 9 nitrogen and oxygen atoms in total. The number of nitrogen functional groups attached to an aromatic ring is 1. The van der Waals surface area contributed by atoms with Crippen LogP contribution in [0.5, 0.6) is 5.75 Å². The highest BCUT2D eigenvalue weighted by Crippen LogP contribution is 2.32. The minimum atomic E-state index is -0.512. The number of carbonyl (C=O) groups excluding carboxylic acids is 1. The van der Waals surface area contributed by atoms with E-state index in [4.69, 9.17) is 17.0 Å². The number of nitrogens with two attached hydrogens (primary N) is 1. The summed E-state index contributed by atoms with van der Waals surface area (Å²) in [6.45, 7) is 11.1. The molecule has 0 aliphatic carbocycles. The summed E-state index contributed by atoms with van der Waals surface area (Å²) in [6.07, 6.45) is 1.31. The summed E-state index contributed by atoms with van der Waals surface area (Å²) < 4.78 is 20.9. The van der Waals surface area contributed by atoms with Crippen LogP contribution in [-0.2, 0) is 11.3 Å². The van der Waals surface area contributed by atoms with Gasteiger partial charge >= 0.3 is 0 Å². The van der Waals surface area contributed by atoms with Crippen molar-refractivity contribution in [2.24, 2.45) is 0 Å². The van der Waals surface area contributed by atoms with E-state index in [0.29, 0.717) is 33.7 Å². The van der Waals surface area contributed by atoms with Gasteiger partial charge in [0.15, 0.2) is 5.65 Å². The molecule has 10 heteroatoms. The summed E-state index contributed by atoms with van der Waals surface area (Å²) >= 11 is 0. The smallest absolute Gasteiger partial charge is 0.256 e. The summed E-state index contributed by atoms with van der Waals surface area (Å²) in [5.74, 6) is -0.494. The van der Waals surface area contributed by atoms with Crippen LogP contribution in [0.1, 0.15) is 0 Å². The van der Waals surface area contributed by atoms with Gasteiger partial charge in [-0.1, -0.05) is 24.8 Å². The molecule has 0 atom stereocenters. The molecule has 4 rings (SSSR count). The van der Waals surface area contributed by atoms with Crippen molar-refractivity contribution in [2.45, 2.75) is 6.54 Å². The number of rotatable bonds is 7. The van der Waals surface area contributed by atoms with E-state index in [2.05, 4.69) is 26.5 Å². The maximum Gasteiger partial charge on any atom is 0.256 e. The highest BCUT2D eigenvalue weighted by Gasteiger charge is 2.22. The second-order valence-corrected chi connectivity index (χ2v) is 7.26. The standard InChI is InChI=1S/C24H20FN7O2/c1-15(27-2)24(33)31(18-7-5-4-6-8-18)9-10-32-23-20(22(26)28-14-29-23)21(30-32)16-11-17(25)13-19(12-16)34-3/h4-8,11-14H,1,9-10H2,3H3,(H2,26,28,29). The van der Waals surface area contributed by atoms with Gasteiger partial charge in [-0.05, 0) is 24.3 Å². The third-order valence-electron chi connectivity index (χ3n) is 5.17. The fraction of sp³-hybridized carbons (Fsp3) is 0.125. The average molecular weight is 457 g/mol. The predicted octanol–water partition coefficient (Wildman–Crippen LogP) is 3.69. The van der Waals surface area contributed by atoms with Gasteiger partial charge in [-0.2, -0.15) is 5.10 Å². The summed E-state index contributed by atoms with van der Waals surface area (Å²) in [6, 6.07) is 13.2. The van der Waals surface area contributed by atoms with Gasteiger partial charge in [-0.3, -0.25) is 4.79 Å². The molecule has 1 amide bonds. The minimum Gasteiger partial charge on any atom is -0.497 e. The number of hydrogen-bond acceptors (Lipinski definition) is 6. The van der Waals surface area contributed by atoms with E-state index >= 15 is 0 Å². The number of carbonyl (C=O) groups is 1. The topological polar surface area (TPSA) is 104 Å². The molecule has 2 heterocycles. The number of methoxy groups -OCH3 is 1. The molecule has 0 saturated heterocycles. The molecule has 0 bridgehead atoms. The Morgan fingerprint density at radius 1 is 1.26 bits per heavy atom. The molecule has 4 aromatic rings. The molecule has 0 saturated carbocycles. The SMILES string of the molecule is [C-]#[N+]C(=C)C(=O)N(CCn1nc(-c2cc(F)cc(OC)c2)c2c(N)ncnc21)c1ccccc1. The van der Waals surface area contributed by atoms with Crippen molar-refractivity contribution in [3.8, 4) is 17.0 Å². The van der Waals surface area contributed by atoms with Crippen LogP contribution in [0, 0.1) is 12.4 Å². The molecular formula is C24H20FN7O2. The number of hydrogen-bond donors (Lipinski definition) is 1. The van der Waals surface area contributed by atoms with Crippen LogP contribution in [-0.4, -0.2) is 39.3 Å². The largest absolute Gasteiger partial charge is 0.497 e. The van der Waals surface area contributed by atoms with Crippen LogP contribution in [0.25, 0.3) is 27.1 Å². The third kappa shape index (κ3) is 4.27. The predicted molar refractivity (Wildman–Crippen MR) is 126 cm³/mol. The van der Waals surface area contributed by atoms with E-state index in [1.54, 1.807) is 35.0 Å². The first kappa shape index (κ1) is 22.4. The third-order valence-corrected chi connectivity index (χ3v) is 5.17. The van der Waals surface area contributed by atoms with Crippen molar-refractivity contribution >= 4 is 28.4 Å². The number of amides is 1. The molecule has 2 aromatic carbocycles. The summed E-state index contributed by atoms with van der Waals surface area (Å²) in [5, 5.41) is 5.07. The first-order valence-electron chi connectivity index (χ1n) is 10.2. The van der Waals surface area contributed by atoms with Crippen molar-refractivity contribution in [1.29, 1.82) is 0 Å². The monoisotopic (exact) mass is 457 g/mol. The van der Waals surface area contributed by atoms with Crippen LogP contribution in [0.4, 0.5) is 15.9 Å². The van der Waals surface area contributed by atoms with Crippen LogP contribution in [0.15, 0.2) is 67.1 Å². The van der Waals surface area contributed by atoms with E-state index in [-0.39, 0.29) is 24.6 Å². The Labute approximate surface area is 194 Å². The van der Waals surface area contributed by atoms with Crippen molar-refractivity contribution in [3.05, 3.63) is 84.4 Å². The first-order chi connectivity index (χ1) is 16.4. The Morgan fingerprint density at radius 2 is 2.03 bits per heavy atom. The average Bonchev–Trinajstić information content (AvgIpc) is 3.23. The Kier molecular flexibility index (Phi) is 6.18. The number of benzene rings is 2. The Balaban J connectivity index is 1.76. The molecule has 0 aliphatic rings. The Hall–Kier alpha value is -4.78. The molecule has 2 aromatic heterocycles. The zero-order valence-corrected chi connectivity index (χ0v) is 18.3. The van der Waals surface area contributed by atoms with Gasteiger partial charge in [0.05, 0.1) is 25.6 Å². The van der Waals surface area contributed by atoms with E-state index in [1.165, 1.54) is 30.5 Å². The highest BCUT2D eigenvalue weighted by molar-refractivity contribution is 6.06. The fourth-order valence-electron chi connectivity index (χ4n) is 3.56. The number of anilines is 2. The Morgan fingerprint density at radius 3 is 2.74 bits per heavy atom. The van der Waals surface area contributed by atoms with Gasteiger partial charge in [0.25, 0.3) is 5.91 Å². The van der Waals surface area contributed by atoms with Gasteiger partial charge in [0.2, 0.25) is 5.70 Å². The van der Waals surface area contributed by atoms with Gasteiger partial charge in [-0.25, -0.2) is 23.9 Å². The Bertz CT molecular complexity index is 1430. The number of fused-ring (bicyclic) bond motifs is 1. The lowest BCUT2D eigenvalue weighted by Gasteiger charge is -2.22. The summed E-state index contributed by atoms with van der Waals surface area (Å²) in [7, 11) is 1.44. The van der Waals surface area contributed by atoms with Crippen LogP contribution in [0.2, 0.25) is 0 Å². The lowest BCUT2D eigenvalue weighted by Crippen LogP contribution is -2.34. The lowest BCUT2D eigenvalue weighted by molar-refractivity contribution is -0.114. The number of aromatic nitrogens is 4. The molecule has 34 heavy (non-hydrogen) atoms. The number of nitrogens with zero attached hydrogens (tertiary/aromatic N) is 6. The lowest BCUT2D eigenvalue weighted by atomic mass is 10.1. The summed E-state index contributed by atoms with van der Waals surface area (Å²) in [5.41, 5.74) is 7.79. The van der Waals surface area contributed by atoms with Crippen LogP contribution < -0.4 is 15.4 Å². The maximum absolute atomic E-state index is 14.2. The number of para-hydroxylation sites is 1. The molecule has 2 N–H and O–H groups in total. The minimum absolute atomic E-state index is 0.171. The zero-order valence-electron chi connectivity index (χ0n) is 18.3. The van der Waals surface area contributed by atoms with Gasteiger partial charge in [0.1, 0.15) is 29.4 Å². The molecule has 0 spiro atoms. The van der Waals surface area contributed by atoms with E-state index in [9.17, 15) is 9.18 Å². The van der Waals surface area contributed by atoms with E-state index in [1.807, 2.05) is 6.07 Å². The second-order valence-electron chi connectivity index (χ2n) is 7.26. The fourth-order valence-corrected chi connectivity index (χ4v) is 3.56. The van der Waals surface area contributed by atoms with Crippen molar-refractivity contribution in [1.82, 2.24) is 19.7 Å². The summed E-state index contributed by atoms with van der Waals surface area (Å²) in [4.78, 5) is 25.8. The van der Waals surface area contributed by atoms with Crippen molar-refractivity contribution in [2.75, 3.05) is 24.3 Å². The van der Waals surface area contributed by atoms with Gasteiger partial charge in [0, 0.05) is 23.9 Å². The quantitative estimate of drug-likeness (QED) is 0.335. The highest BCUT2D eigenvalue weighted by atomic mass is 19.1. The molecular weight excluding hydrogens is 437 g/mol. The molecule has 0 fully saturated rings. The van der Waals surface area contributed by atoms with Gasteiger partial charge < -0.3 is 15.4 Å². The second kappa shape index (κ2) is 9.38. The first-order valence-corrected chi connectivity index (χ1v) is 10.2. The zero-order chi connectivity index (χ0) is 24.2. The molecule has 0 aliphatic heterocycles. The number of halogens is 1. The molecule has 0 radical (unpaired) electrons. The van der Waals surface area contributed by atoms with Crippen molar-refractivity contribution < 1.29 is 13.9 Å². The van der Waals surface area contributed by atoms with Crippen LogP contribution in [0.3, 0.4) is 0 Å². The normalized spacial score (nSPS) is 10.6. The van der Waals surface area contributed by atoms with E-state index in [0.717, 1.165) is 0 Å². The molecule has 170 valence electrons. The van der Waals surface area contributed by atoms with Gasteiger partial charge in [-0.15, -0.1) is 0 Å². The van der Waals surface area contributed by atoms with Crippen LogP contribution >= 0.6 is 0 Å². The van der Waals surface area contributed by atoms with E-state index < -0.39 is 11.7 Å². The van der Waals surface area contributed by atoms with Crippen molar-refractivity contribution in [3.63, 3.8) is 0 Å². The number of ether oxygens (including phenoxy) is 1. The maximum atomic E-state index is 14.2. The molecule has 0 unspecified atom stereocenters.